The molecule has 0 fully saturated rings. The standard InChI is InChI=1S/C62H98O6/c1-4-7-10-13-16-19-22-25-28-30-31-32-35-37-40-43-46-49-52-55-61(64)67-58-59(57-66-60(63)54-51-48-45-42-39-36-33-27-24-21-18-15-12-9-6-3)68-62(65)56-53-50-47-44-41-38-34-29-26-23-20-17-14-11-8-5-2/h7,9-10,12,15-16,18-19,21,24-25,27-28,31-33,36-37,39-40,46,49,59H,4-6,8,11,13-14,17,20,22-23,26,29-30,34-35,38,41-45,47-48,50-58H2,1-3H3/b10-7-,12-9-,18-15-,19-16-,24-21-,28-25-,32-31-,33-27-,39-36-,40-37-,49-46-. The second kappa shape index (κ2) is 55.1. The number of esters is 3. The van der Waals surface area contributed by atoms with Crippen LogP contribution in [0.1, 0.15) is 220 Å². The van der Waals surface area contributed by atoms with E-state index in [2.05, 4.69) is 93.7 Å². The molecule has 0 heterocycles. The van der Waals surface area contributed by atoms with Crippen LogP contribution in [0.2, 0.25) is 0 Å². The van der Waals surface area contributed by atoms with Crippen LogP contribution in [0.3, 0.4) is 0 Å². The summed E-state index contributed by atoms with van der Waals surface area (Å²) < 4.78 is 16.7. The van der Waals surface area contributed by atoms with Crippen molar-refractivity contribution in [3.05, 3.63) is 134 Å². The number of carbonyl (C=O) groups excluding carboxylic acids is 3. The third-order valence-electron chi connectivity index (χ3n) is 11.0. The molecule has 0 spiro atoms. The Morgan fingerprint density at radius 1 is 0.324 bits per heavy atom. The van der Waals surface area contributed by atoms with Gasteiger partial charge in [-0.25, -0.2) is 0 Å². The minimum absolute atomic E-state index is 0.126. The SMILES string of the molecule is CC\C=C/C=C\C=C/C=C\C=C/CCCCCC(=O)OCC(COC(=O)CC/C=C\C/C=C\C/C=C\C/C=C\C/C=C\C/C=C\CC)OC(=O)CCCCCCCCCCCCCCCCCC. The maximum absolute atomic E-state index is 12.8. The highest BCUT2D eigenvalue weighted by molar-refractivity contribution is 5.71. The highest BCUT2D eigenvalue weighted by Crippen LogP contribution is 2.15. The summed E-state index contributed by atoms with van der Waals surface area (Å²) in [6, 6.07) is 0. The van der Waals surface area contributed by atoms with Gasteiger partial charge in [0.05, 0.1) is 0 Å². The van der Waals surface area contributed by atoms with Crippen LogP contribution in [0.5, 0.6) is 0 Å². The van der Waals surface area contributed by atoms with E-state index in [0.29, 0.717) is 19.3 Å². The van der Waals surface area contributed by atoms with Gasteiger partial charge in [0.25, 0.3) is 0 Å². The van der Waals surface area contributed by atoms with Crippen molar-refractivity contribution in [2.45, 2.75) is 226 Å². The summed E-state index contributed by atoms with van der Waals surface area (Å²) in [5.41, 5.74) is 0. The molecule has 0 amide bonds. The molecule has 0 aromatic rings. The van der Waals surface area contributed by atoms with E-state index in [-0.39, 0.29) is 37.5 Å². The molecule has 0 saturated heterocycles. The lowest BCUT2D eigenvalue weighted by molar-refractivity contribution is -0.166. The van der Waals surface area contributed by atoms with Crippen LogP contribution in [-0.4, -0.2) is 37.2 Å². The van der Waals surface area contributed by atoms with Crippen molar-refractivity contribution in [3.8, 4) is 0 Å². The quantitative estimate of drug-likeness (QED) is 0.0199. The van der Waals surface area contributed by atoms with Gasteiger partial charge in [0, 0.05) is 19.3 Å². The van der Waals surface area contributed by atoms with Crippen LogP contribution < -0.4 is 0 Å². The molecule has 0 aliphatic rings. The Balaban J connectivity index is 4.58. The number of unbranched alkanes of at least 4 members (excludes halogenated alkanes) is 18. The normalized spacial score (nSPS) is 13.2. The van der Waals surface area contributed by atoms with E-state index in [9.17, 15) is 14.4 Å². The number of allylic oxidation sites excluding steroid dienone is 22. The van der Waals surface area contributed by atoms with Gasteiger partial charge < -0.3 is 14.2 Å². The lowest BCUT2D eigenvalue weighted by atomic mass is 10.0. The monoisotopic (exact) mass is 939 g/mol. The summed E-state index contributed by atoms with van der Waals surface area (Å²) in [6.07, 6.45) is 77.3. The summed E-state index contributed by atoms with van der Waals surface area (Å²) in [5.74, 6) is -1.05. The number of carbonyl (C=O) groups is 3. The summed E-state index contributed by atoms with van der Waals surface area (Å²) in [4.78, 5) is 38.1. The molecule has 0 bridgehead atoms. The first-order valence-electron chi connectivity index (χ1n) is 27.3. The van der Waals surface area contributed by atoms with Crippen molar-refractivity contribution >= 4 is 17.9 Å². The van der Waals surface area contributed by atoms with E-state index in [4.69, 9.17) is 14.2 Å². The maximum atomic E-state index is 12.8. The minimum Gasteiger partial charge on any atom is -0.462 e. The van der Waals surface area contributed by atoms with E-state index < -0.39 is 6.10 Å². The fraction of sp³-hybridized carbons (Fsp3) is 0.597. The predicted octanol–water partition coefficient (Wildman–Crippen LogP) is 18.3. The summed E-state index contributed by atoms with van der Waals surface area (Å²) in [7, 11) is 0. The van der Waals surface area contributed by atoms with Crippen LogP contribution in [0.15, 0.2) is 134 Å². The van der Waals surface area contributed by atoms with E-state index >= 15 is 0 Å². The molecule has 0 radical (unpaired) electrons. The second-order valence-corrected chi connectivity index (χ2v) is 17.5. The van der Waals surface area contributed by atoms with Gasteiger partial charge in [0.2, 0.25) is 0 Å². The van der Waals surface area contributed by atoms with E-state index in [1.54, 1.807) is 0 Å². The van der Waals surface area contributed by atoms with Gasteiger partial charge in [-0.05, 0) is 77.0 Å². The third-order valence-corrected chi connectivity index (χ3v) is 11.0. The zero-order valence-electron chi connectivity index (χ0n) is 43.6. The molecule has 1 unspecified atom stereocenters. The van der Waals surface area contributed by atoms with Crippen molar-refractivity contribution in [1.29, 1.82) is 0 Å². The maximum Gasteiger partial charge on any atom is 0.306 e. The fourth-order valence-electron chi connectivity index (χ4n) is 7.02. The molecular formula is C62H98O6. The van der Waals surface area contributed by atoms with Crippen molar-refractivity contribution in [1.82, 2.24) is 0 Å². The molecule has 0 aliphatic heterocycles. The zero-order valence-corrected chi connectivity index (χ0v) is 43.6. The third kappa shape index (κ3) is 52.5. The second-order valence-electron chi connectivity index (χ2n) is 17.5. The fourth-order valence-corrected chi connectivity index (χ4v) is 7.02. The van der Waals surface area contributed by atoms with Crippen molar-refractivity contribution in [3.63, 3.8) is 0 Å². The van der Waals surface area contributed by atoms with Gasteiger partial charge in [0.15, 0.2) is 6.10 Å². The van der Waals surface area contributed by atoms with Crippen molar-refractivity contribution in [2.24, 2.45) is 0 Å². The van der Waals surface area contributed by atoms with Gasteiger partial charge in [-0.3, -0.25) is 14.4 Å². The van der Waals surface area contributed by atoms with E-state index in [0.717, 1.165) is 89.9 Å². The van der Waals surface area contributed by atoms with Crippen molar-refractivity contribution < 1.29 is 28.6 Å². The number of ether oxygens (including phenoxy) is 3. The summed E-state index contributed by atoms with van der Waals surface area (Å²) in [5, 5.41) is 0. The molecule has 6 heteroatoms. The Morgan fingerprint density at radius 2 is 0.676 bits per heavy atom. The van der Waals surface area contributed by atoms with Gasteiger partial charge in [0.1, 0.15) is 13.2 Å². The molecule has 382 valence electrons. The van der Waals surface area contributed by atoms with Gasteiger partial charge in [-0.1, -0.05) is 257 Å². The Morgan fingerprint density at radius 3 is 1.13 bits per heavy atom. The predicted molar refractivity (Wildman–Crippen MR) is 292 cm³/mol. The molecule has 6 nitrogen and oxygen atoms in total. The molecule has 0 aromatic heterocycles. The number of rotatable bonds is 47. The van der Waals surface area contributed by atoms with Crippen molar-refractivity contribution in [2.75, 3.05) is 13.2 Å². The van der Waals surface area contributed by atoms with Crippen LogP contribution in [0.4, 0.5) is 0 Å². The number of hydrogen-bond acceptors (Lipinski definition) is 6. The molecule has 0 N–H and O–H groups in total. The Bertz CT molecular complexity index is 1500. The zero-order chi connectivity index (χ0) is 49.3. The van der Waals surface area contributed by atoms with Crippen LogP contribution in [0.25, 0.3) is 0 Å². The highest BCUT2D eigenvalue weighted by atomic mass is 16.6. The summed E-state index contributed by atoms with van der Waals surface area (Å²) >= 11 is 0. The van der Waals surface area contributed by atoms with Crippen LogP contribution in [0, 0.1) is 0 Å². The van der Waals surface area contributed by atoms with Crippen LogP contribution >= 0.6 is 0 Å². The minimum atomic E-state index is -0.829. The first kappa shape index (κ1) is 63.6. The van der Waals surface area contributed by atoms with Gasteiger partial charge in [-0.2, -0.15) is 0 Å². The topological polar surface area (TPSA) is 78.9 Å². The Labute approximate surface area is 417 Å². The number of hydrogen-bond donors (Lipinski definition) is 0. The lowest BCUT2D eigenvalue weighted by Gasteiger charge is -2.18. The average molecular weight is 939 g/mol. The van der Waals surface area contributed by atoms with Gasteiger partial charge in [-0.15, -0.1) is 0 Å². The molecule has 0 aromatic carbocycles. The first-order valence-corrected chi connectivity index (χ1v) is 27.3. The molecule has 0 saturated carbocycles. The van der Waals surface area contributed by atoms with E-state index in [1.807, 2.05) is 60.8 Å². The average Bonchev–Trinajstić information content (AvgIpc) is 3.34. The highest BCUT2D eigenvalue weighted by Gasteiger charge is 2.19. The summed E-state index contributed by atoms with van der Waals surface area (Å²) in [6.45, 7) is 6.27. The molecule has 0 aliphatic carbocycles. The van der Waals surface area contributed by atoms with Crippen LogP contribution in [-0.2, 0) is 28.6 Å². The molecule has 68 heavy (non-hydrogen) atoms. The molecule has 1 atom stereocenters. The molecule has 0 rings (SSSR count). The Kier molecular flexibility index (Phi) is 51.5. The largest absolute Gasteiger partial charge is 0.462 e. The smallest absolute Gasteiger partial charge is 0.306 e. The molecular weight excluding hydrogens is 841 g/mol. The van der Waals surface area contributed by atoms with E-state index in [1.165, 1.54) is 83.5 Å². The first-order chi connectivity index (χ1) is 33.5. The Hall–Kier alpha value is -4.45. The lowest BCUT2D eigenvalue weighted by Crippen LogP contribution is -2.30. The van der Waals surface area contributed by atoms with Gasteiger partial charge >= 0.3 is 17.9 Å².